The number of carbonyl (C=O) groups is 1. The standard InChI is InChI=1S/C18H14N6O5S3/c25-15(10-30-18-21-13-3-1-2-4-14(13)22-18)20-11-5-7-12(8-6-11)32(28,29)23-17-19-9-16(31-17)24(26)27/h1-9H,10H2,(H,19,23)(H,20,25)(H,21,22). The molecule has 14 heteroatoms. The monoisotopic (exact) mass is 490 g/mol. The third-order valence-corrected chi connectivity index (χ3v) is 7.27. The van der Waals surface area contributed by atoms with Crippen molar-refractivity contribution in [1.29, 1.82) is 0 Å². The quantitative estimate of drug-likeness (QED) is 0.192. The lowest BCUT2D eigenvalue weighted by atomic mass is 10.3. The number of H-pyrrole nitrogens is 1. The summed E-state index contributed by atoms with van der Waals surface area (Å²) >= 11 is 1.86. The fourth-order valence-electron chi connectivity index (χ4n) is 2.62. The Labute approximate surface area is 189 Å². The minimum atomic E-state index is -3.98. The Morgan fingerprint density at radius 1 is 1.19 bits per heavy atom. The van der Waals surface area contributed by atoms with Crippen LogP contribution in [0.2, 0.25) is 0 Å². The van der Waals surface area contributed by atoms with E-state index in [0.29, 0.717) is 22.2 Å². The first-order valence-corrected chi connectivity index (χ1v) is 12.2. The third kappa shape index (κ3) is 5.04. The number of hydrogen-bond acceptors (Lipinski definition) is 9. The molecule has 0 atom stereocenters. The molecule has 2 aromatic heterocycles. The van der Waals surface area contributed by atoms with E-state index in [-0.39, 0.29) is 26.7 Å². The van der Waals surface area contributed by atoms with Gasteiger partial charge in [-0.15, -0.1) is 0 Å². The molecule has 3 N–H and O–H groups in total. The maximum absolute atomic E-state index is 12.4. The van der Waals surface area contributed by atoms with E-state index in [9.17, 15) is 23.3 Å². The molecular formula is C18H14N6O5S3. The van der Waals surface area contributed by atoms with Gasteiger partial charge < -0.3 is 10.3 Å². The number of fused-ring (bicyclic) bond motifs is 1. The van der Waals surface area contributed by atoms with Gasteiger partial charge in [0, 0.05) is 5.69 Å². The maximum atomic E-state index is 12.4. The van der Waals surface area contributed by atoms with Crippen LogP contribution in [0.3, 0.4) is 0 Å². The number of sulfonamides is 1. The SMILES string of the molecule is O=C(CSc1nc2ccccc2[nH]1)Nc1ccc(S(=O)(=O)Nc2ncc([N+](=O)[O-])s2)cc1. The highest BCUT2D eigenvalue weighted by atomic mass is 32.2. The predicted molar refractivity (Wildman–Crippen MR) is 121 cm³/mol. The van der Waals surface area contributed by atoms with Crippen molar-refractivity contribution in [3.05, 3.63) is 64.8 Å². The van der Waals surface area contributed by atoms with Gasteiger partial charge in [0.25, 0.3) is 10.0 Å². The first-order valence-electron chi connectivity index (χ1n) is 8.91. The second kappa shape index (κ2) is 8.94. The van der Waals surface area contributed by atoms with Crippen LogP contribution in [0, 0.1) is 10.1 Å². The summed E-state index contributed by atoms with van der Waals surface area (Å²) in [6.45, 7) is 0. The molecule has 2 heterocycles. The van der Waals surface area contributed by atoms with Gasteiger partial charge in [0.05, 0.1) is 26.6 Å². The average molecular weight is 491 g/mol. The first kappa shape index (κ1) is 21.7. The number of carbonyl (C=O) groups excluding carboxylic acids is 1. The van der Waals surface area contributed by atoms with Gasteiger partial charge in [0.1, 0.15) is 6.20 Å². The molecule has 0 radical (unpaired) electrons. The topological polar surface area (TPSA) is 160 Å². The minimum Gasteiger partial charge on any atom is -0.333 e. The van der Waals surface area contributed by atoms with Crippen LogP contribution in [0.15, 0.2) is 64.8 Å². The summed E-state index contributed by atoms with van der Waals surface area (Å²) in [5.41, 5.74) is 2.12. The van der Waals surface area contributed by atoms with Crippen LogP contribution in [0.5, 0.6) is 0 Å². The van der Waals surface area contributed by atoms with Crippen molar-refractivity contribution in [2.24, 2.45) is 0 Å². The molecule has 0 aliphatic heterocycles. The smallest absolute Gasteiger partial charge is 0.333 e. The number of nitrogens with one attached hydrogen (secondary N) is 3. The molecule has 164 valence electrons. The number of anilines is 2. The summed E-state index contributed by atoms with van der Waals surface area (Å²) in [4.78, 5) is 33.4. The molecule has 1 amide bonds. The Balaban J connectivity index is 1.34. The van der Waals surface area contributed by atoms with E-state index >= 15 is 0 Å². The van der Waals surface area contributed by atoms with Crippen molar-refractivity contribution < 1.29 is 18.1 Å². The fourth-order valence-corrected chi connectivity index (χ4v) is 5.18. The van der Waals surface area contributed by atoms with Crippen molar-refractivity contribution in [2.75, 3.05) is 15.8 Å². The van der Waals surface area contributed by atoms with Crippen molar-refractivity contribution in [1.82, 2.24) is 15.0 Å². The summed E-state index contributed by atoms with van der Waals surface area (Å²) in [6.07, 6.45) is 0.977. The number of imidazole rings is 1. The molecule has 0 spiro atoms. The molecule has 4 rings (SSSR count). The second-order valence-corrected chi connectivity index (χ2v) is 9.94. The largest absolute Gasteiger partial charge is 0.345 e. The molecular weight excluding hydrogens is 476 g/mol. The van der Waals surface area contributed by atoms with Gasteiger partial charge in [0.2, 0.25) is 11.0 Å². The summed E-state index contributed by atoms with van der Waals surface area (Å²) in [7, 11) is -3.98. The maximum Gasteiger partial charge on any atom is 0.345 e. The van der Waals surface area contributed by atoms with E-state index < -0.39 is 14.9 Å². The van der Waals surface area contributed by atoms with Gasteiger partial charge in [-0.05, 0) is 47.7 Å². The van der Waals surface area contributed by atoms with Crippen LogP contribution >= 0.6 is 23.1 Å². The lowest BCUT2D eigenvalue weighted by Gasteiger charge is -2.07. The van der Waals surface area contributed by atoms with Crippen molar-refractivity contribution in [2.45, 2.75) is 10.1 Å². The van der Waals surface area contributed by atoms with E-state index in [2.05, 4.69) is 25.0 Å². The number of thioether (sulfide) groups is 1. The zero-order valence-electron chi connectivity index (χ0n) is 16.0. The number of rotatable bonds is 8. The molecule has 0 aliphatic carbocycles. The Kier molecular flexibility index (Phi) is 6.07. The normalized spacial score (nSPS) is 11.4. The zero-order chi connectivity index (χ0) is 22.7. The molecule has 0 unspecified atom stereocenters. The van der Waals surface area contributed by atoms with E-state index in [0.717, 1.165) is 17.2 Å². The number of hydrogen-bond donors (Lipinski definition) is 3. The summed E-state index contributed by atoms with van der Waals surface area (Å²) in [6, 6.07) is 13.1. The number of aromatic nitrogens is 3. The van der Waals surface area contributed by atoms with E-state index in [1.807, 2.05) is 24.3 Å². The molecule has 2 aromatic carbocycles. The van der Waals surface area contributed by atoms with E-state index in [4.69, 9.17) is 0 Å². The van der Waals surface area contributed by atoms with Gasteiger partial charge in [-0.2, -0.15) is 0 Å². The van der Waals surface area contributed by atoms with Crippen LogP contribution < -0.4 is 10.0 Å². The number of thiazole rings is 1. The van der Waals surface area contributed by atoms with Crippen LogP contribution in [0.25, 0.3) is 11.0 Å². The number of benzene rings is 2. The highest BCUT2D eigenvalue weighted by molar-refractivity contribution is 7.99. The Bertz CT molecular complexity index is 1370. The predicted octanol–water partition coefficient (Wildman–Crippen LogP) is 3.46. The Morgan fingerprint density at radius 2 is 1.94 bits per heavy atom. The molecule has 4 aromatic rings. The molecule has 0 saturated carbocycles. The summed E-state index contributed by atoms with van der Waals surface area (Å²) in [5, 5.41) is 13.6. The first-order chi connectivity index (χ1) is 15.3. The lowest BCUT2D eigenvalue weighted by molar-refractivity contribution is -0.380. The van der Waals surface area contributed by atoms with Crippen LogP contribution in [-0.2, 0) is 14.8 Å². The molecule has 0 fully saturated rings. The van der Waals surface area contributed by atoms with Crippen LogP contribution in [0.1, 0.15) is 0 Å². The number of para-hydroxylation sites is 2. The highest BCUT2D eigenvalue weighted by Crippen LogP contribution is 2.27. The lowest BCUT2D eigenvalue weighted by Crippen LogP contribution is -2.15. The third-order valence-electron chi connectivity index (χ3n) is 4.05. The highest BCUT2D eigenvalue weighted by Gasteiger charge is 2.19. The fraction of sp³-hybridized carbons (Fsp3) is 0.0556. The Morgan fingerprint density at radius 3 is 2.62 bits per heavy atom. The van der Waals surface area contributed by atoms with Gasteiger partial charge in [-0.3, -0.25) is 19.6 Å². The molecule has 0 saturated heterocycles. The minimum absolute atomic E-state index is 0.0787. The Hall–Kier alpha value is -3.49. The van der Waals surface area contributed by atoms with Crippen molar-refractivity contribution in [3.8, 4) is 0 Å². The molecule has 11 nitrogen and oxygen atoms in total. The summed E-state index contributed by atoms with van der Waals surface area (Å²) in [5.74, 6) is -0.163. The van der Waals surface area contributed by atoms with E-state index in [1.165, 1.54) is 36.0 Å². The summed E-state index contributed by atoms with van der Waals surface area (Å²) < 4.78 is 27.1. The van der Waals surface area contributed by atoms with Gasteiger partial charge in [-0.1, -0.05) is 23.9 Å². The van der Waals surface area contributed by atoms with Crippen molar-refractivity contribution >= 4 is 65.9 Å². The van der Waals surface area contributed by atoms with Gasteiger partial charge >= 0.3 is 5.00 Å². The van der Waals surface area contributed by atoms with E-state index in [1.54, 1.807) is 0 Å². The van der Waals surface area contributed by atoms with Crippen LogP contribution in [-0.4, -0.2) is 40.0 Å². The second-order valence-electron chi connectivity index (χ2n) is 6.29. The molecule has 0 bridgehead atoms. The number of nitro groups is 1. The zero-order valence-corrected chi connectivity index (χ0v) is 18.5. The average Bonchev–Trinajstić information content (AvgIpc) is 3.39. The van der Waals surface area contributed by atoms with Gasteiger partial charge in [-0.25, -0.2) is 18.4 Å². The number of amides is 1. The molecule has 0 aliphatic rings. The number of nitrogens with zero attached hydrogens (tertiary/aromatic N) is 3. The molecule has 32 heavy (non-hydrogen) atoms. The number of aromatic amines is 1. The van der Waals surface area contributed by atoms with Gasteiger partial charge in [0.15, 0.2) is 5.16 Å². The van der Waals surface area contributed by atoms with Crippen molar-refractivity contribution in [3.63, 3.8) is 0 Å². The van der Waals surface area contributed by atoms with Crippen LogP contribution in [0.4, 0.5) is 15.8 Å².